The first-order chi connectivity index (χ1) is 5.44. The first-order valence-electron chi connectivity index (χ1n) is 3.82. The summed E-state index contributed by atoms with van der Waals surface area (Å²) in [6, 6.07) is 0. The molecule has 0 aliphatic carbocycles. The van der Waals surface area contributed by atoms with E-state index in [0.29, 0.717) is 13.0 Å². The number of carbonyl (C=O) groups is 1. The van der Waals surface area contributed by atoms with Gasteiger partial charge in [-0.05, 0) is 13.8 Å². The second-order valence-corrected chi connectivity index (χ2v) is 5.11. The van der Waals surface area contributed by atoms with Gasteiger partial charge in [0.05, 0.1) is 4.75 Å². The number of rotatable bonds is 2. The Kier molecular flexibility index (Phi) is 2.53. The molecule has 12 heavy (non-hydrogen) atoms. The molecule has 0 saturated carbocycles. The van der Waals surface area contributed by atoms with Crippen LogP contribution in [0.5, 0.6) is 0 Å². The SMILES string of the molecule is CC(C)([C@H]1CNC(=O)C1)S(=O)O. The molecular formula is C7H13NO3S. The first kappa shape index (κ1) is 9.67. The normalized spacial score (nSPS) is 26.9. The lowest BCUT2D eigenvalue weighted by atomic mass is 9.94. The summed E-state index contributed by atoms with van der Waals surface area (Å²) in [5, 5.41) is 2.65. The molecule has 1 amide bonds. The van der Waals surface area contributed by atoms with Crippen LogP contribution in [0.25, 0.3) is 0 Å². The molecule has 5 heteroatoms. The fourth-order valence-electron chi connectivity index (χ4n) is 1.24. The monoisotopic (exact) mass is 191 g/mol. The summed E-state index contributed by atoms with van der Waals surface area (Å²) < 4.78 is 19.2. The molecule has 1 rings (SSSR count). The van der Waals surface area contributed by atoms with E-state index < -0.39 is 15.8 Å². The minimum atomic E-state index is -1.87. The van der Waals surface area contributed by atoms with Crippen LogP contribution >= 0.6 is 0 Å². The van der Waals surface area contributed by atoms with Crippen molar-refractivity contribution < 1.29 is 13.6 Å². The summed E-state index contributed by atoms with van der Waals surface area (Å²) in [4.78, 5) is 10.8. The minimum Gasteiger partial charge on any atom is -0.356 e. The highest BCUT2D eigenvalue weighted by atomic mass is 32.2. The van der Waals surface area contributed by atoms with Gasteiger partial charge in [0.25, 0.3) is 0 Å². The highest BCUT2D eigenvalue weighted by Gasteiger charge is 2.39. The summed E-state index contributed by atoms with van der Waals surface area (Å²) in [7, 11) is 0. The molecule has 0 radical (unpaired) electrons. The molecule has 2 N–H and O–H groups in total. The van der Waals surface area contributed by atoms with E-state index in [4.69, 9.17) is 4.55 Å². The molecule has 2 atom stereocenters. The summed E-state index contributed by atoms with van der Waals surface area (Å²) in [6.45, 7) is 3.92. The van der Waals surface area contributed by atoms with E-state index in [2.05, 4.69) is 5.32 Å². The highest BCUT2D eigenvalue weighted by Crippen LogP contribution is 2.27. The van der Waals surface area contributed by atoms with Crippen molar-refractivity contribution in [1.29, 1.82) is 0 Å². The largest absolute Gasteiger partial charge is 0.356 e. The Morgan fingerprint density at radius 2 is 2.25 bits per heavy atom. The molecule has 70 valence electrons. The molecule has 1 fully saturated rings. The van der Waals surface area contributed by atoms with E-state index in [1.807, 2.05) is 0 Å². The third kappa shape index (κ3) is 1.67. The second-order valence-electron chi connectivity index (χ2n) is 3.56. The van der Waals surface area contributed by atoms with Crippen LogP contribution in [-0.4, -0.2) is 26.0 Å². The van der Waals surface area contributed by atoms with E-state index in [9.17, 15) is 9.00 Å². The standard InChI is InChI=1S/C7H13NO3S/c1-7(2,12(10)11)5-3-6(9)8-4-5/h5H,3-4H2,1-2H3,(H,8,9)(H,10,11)/t5-/m1/s1. The van der Waals surface area contributed by atoms with Crippen LogP contribution in [0.2, 0.25) is 0 Å². The van der Waals surface area contributed by atoms with Gasteiger partial charge in [0.15, 0.2) is 11.1 Å². The Labute approximate surface area is 74.0 Å². The fourth-order valence-corrected chi connectivity index (χ4v) is 1.69. The van der Waals surface area contributed by atoms with Crippen molar-refractivity contribution in [3.63, 3.8) is 0 Å². The summed E-state index contributed by atoms with van der Waals surface area (Å²) in [6.07, 6.45) is 0.360. The molecule has 0 spiro atoms. The van der Waals surface area contributed by atoms with Crippen molar-refractivity contribution in [2.24, 2.45) is 5.92 Å². The van der Waals surface area contributed by atoms with E-state index in [1.54, 1.807) is 13.8 Å². The predicted molar refractivity (Wildman–Crippen MR) is 46.0 cm³/mol. The topological polar surface area (TPSA) is 66.4 Å². The van der Waals surface area contributed by atoms with Gasteiger partial charge in [-0.1, -0.05) is 0 Å². The Balaban J connectivity index is 2.70. The van der Waals surface area contributed by atoms with Crippen LogP contribution < -0.4 is 5.32 Å². The molecule has 1 unspecified atom stereocenters. The number of carbonyl (C=O) groups excluding carboxylic acids is 1. The maximum absolute atomic E-state index is 10.9. The molecule has 0 bridgehead atoms. The maximum Gasteiger partial charge on any atom is 0.220 e. The van der Waals surface area contributed by atoms with E-state index in [0.717, 1.165) is 0 Å². The van der Waals surface area contributed by atoms with Crippen molar-refractivity contribution in [1.82, 2.24) is 5.32 Å². The van der Waals surface area contributed by atoms with Crippen molar-refractivity contribution >= 4 is 17.0 Å². The highest BCUT2D eigenvalue weighted by molar-refractivity contribution is 7.80. The van der Waals surface area contributed by atoms with Crippen LogP contribution in [0.3, 0.4) is 0 Å². The minimum absolute atomic E-state index is 0.0291. The van der Waals surface area contributed by atoms with Crippen LogP contribution in [0.15, 0.2) is 0 Å². The van der Waals surface area contributed by atoms with Crippen molar-refractivity contribution in [2.75, 3.05) is 6.54 Å². The lowest BCUT2D eigenvalue weighted by molar-refractivity contribution is -0.119. The molecule has 1 heterocycles. The quantitative estimate of drug-likeness (QED) is 0.609. The zero-order valence-electron chi connectivity index (χ0n) is 7.16. The molecule has 1 aliphatic heterocycles. The Morgan fingerprint density at radius 3 is 2.58 bits per heavy atom. The third-order valence-electron chi connectivity index (χ3n) is 2.41. The molecule has 0 aromatic carbocycles. The van der Waals surface area contributed by atoms with Gasteiger partial charge in [-0.15, -0.1) is 0 Å². The molecule has 0 aromatic rings. The van der Waals surface area contributed by atoms with Crippen LogP contribution in [-0.2, 0) is 15.9 Å². The number of nitrogens with one attached hydrogen (secondary N) is 1. The van der Waals surface area contributed by atoms with Gasteiger partial charge in [0.2, 0.25) is 5.91 Å². The molecule has 0 aromatic heterocycles. The lowest BCUT2D eigenvalue weighted by Crippen LogP contribution is -2.37. The Morgan fingerprint density at radius 1 is 1.67 bits per heavy atom. The van der Waals surface area contributed by atoms with E-state index >= 15 is 0 Å². The van der Waals surface area contributed by atoms with Crippen molar-refractivity contribution in [3.8, 4) is 0 Å². The van der Waals surface area contributed by atoms with Gasteiger partial charge < -0.3 is 9.87 Å². The average molecular weight is 191 g/mol. The van der Waals surface area contributed by atoms with Gasteiger partial charge >= 0.3 is 0 Å². The van der Waals surface area contributed by atoms with E-state index in [-0.39, 0.29) is 11.8 Å². The van der Waals surface area contributed by atoms with Gasteiger partial charge in [0, 0.05) is 18.9 Å². The molecule has 1 saturated heterocycles. The van der Waals surface area contributed by atoms with Gasteiger partial charge in [-0.3, -0.25) is 4.79 Å². The first-order valence-corrected chi connectivity index (χ1v) is 4.93. The van der Waals surface area contributed by atoms with Crippen molar-refractivity contribution in [2.45, 2.75) is 25.0 Å². The number of hydrogen-bond acceptors (Lipinski definition) is 2. The van der Waals surface area contributed by atoms with Crippen LogP contribution in [0.1, 0.15) is 20.3 Å². The molecule has 4 nitrogen and oxygen atoms in total. The van der Waals surface area contributed by atoms with Gasteiger partial charge in [0.1, 0.15) is 0 Å². The third-order valence-corrected chi connectivity index (χ3v) is 3.64. The zero-order valence-corrected chi connectivity index (χ0v) is 7.98. The van der Waals surface area contributed by atoms with Crippen LogP contribution in [0, 0.1) is 5.92 Å². The van der Waals surface area contributed by atoms with Crippen LogP contribution in [0.4, 0.5) is 0 Å². The van der Waals surface area contributed by atoms with Gasteiger partial charge in [-0.25, -0.2) is 4.21 Å². The summed E-state index contributed by atoms with van der Waals surface area (Å²) in [5.74, 6) is -0.0608. The lowest BCUT2D eigenvalue weighted by Gasteiger charge is -2.25. The number of hydrogen-bond donors (Lipinski definition) is 2. The molecule has 1 aliphatic rings. The fraction of sp³-hybridized carbons (Fsp3) is 0.857. The van der Waals surface area contributed by atoms with Gasteiger partial charge in [-0.2, -0.15) is 0 Å². The van der Waals surface area contributed by atoms with E-state index in [1.165, 1.54) is 0 Å². The summed E-state index contributed by atoms with van der Waals surface area (Å²) >= 11 is -1.87. The summed E-state index contributed by atoms with van der Waals surface area (Å²) in [5.41, 5.74) is 0. The Hall–Kier alpha value is -0.420. The zero-order chi connectivity index (χ0) is 9.35. The molecular weight excluding hydrogens is 178 g/mol. The van der Waals surface area contributed by atoms with Crippen molar-refractivity contribution in [3.05, 3.63) is 0 Å². The smallest absolute Gasteiger partial charge is 0.220 e. The second kappa shape index (κ2) is 3.14. The maximum atomic E-state index is 10.9. The predicted octanol–water partition coefficient (Wildman–Crippen LogP) is 0.123. The average Bonchev–Trinajstić information content (AvgIpc) is 2.35. The Bertz CT molecular complexity index is 227. The number of amides is 1.